The van der Waals surface area contributed by atoms with Gasteiger partial charge in [-0.15, -0.1) is 0 Å². The Morgan fingerprint density at radius 3 is 3.04 bits per heavy atom. The number of carbonyl (C=O) groups excluding carboxylic acids is 2. The zero-order valence-electron chi connectivity index (χ0n) is 15.0. The third-order valence-corrected chi connectivity index (χ3v) is 4.60. The first-order valence-corrected chi connectivity index (χ1v) is 8.96. The summed E-state index contributed by atoms with van der Waals surface area (Å²) in [5, 5.41) is 18.5. The van der Waals surface area contributed by atoms with Crippen molar-refractivity contribution in [3.05, 3.63) is 46.6 Å². The molecule has 8 nitrogen and oxygen atoms in total. The number of nitrogens with zero attached hydrogens (tertiary/aromatic N) is 3. The molecule has 2 aromatic rings. The van der Waals surface area contributed by atoms with Crippen LogP contribution in [0.1, 0.15) is 46.4 Å². The number of likely N-dealkylation sites (tertiary alicyclic amines) is 1. The molecule has 0 radical (unpaired) electrons. The van der Waals surface area contributed by atoms with Crippen LogP contribution in [0.25, 0.3) is 0 Å². The Labute approximate surface area is 157 Å². The normalized spacial score (nSPS) is 13.6. The van der Waals surface area contributed by atoms with Gasteiger partial charge in [-0.05, 0) is 37.0 Å². The zero-order chi connectivity index (χ0) is 19.2. The van der Waals surface area contributed by atoms with E-state index in [1.54, 1.807) is 6.07 Å². The van der Waals surface area contributed by atoms with Crippen molar-refractivity contribution in [2.75, 3.05) is 18.8 Å². The molecule has 3 rings (SSSR count). The molecule has 0 saturated carbocycles. The highest BCUT2D eigenvalue weighted by Gasteiger charge is 2.20. The molecule has 2 heterocycles. The molecule has 0 atom stereocenters. The van der Waals surface area contributed by atoms with Gasteiger partial charge in [0.1, 0.15) is 11.6 Å². The number of H-pyrrole nitrogens is 1. The number of aromatic amines is 1. The average Bonchev–Trinajstić information content (AvgIpc) is 3.24. The van der Waals surface area contributed by atoms with Gasteiger partial charge in [0.25, 0.3) is 5.91 Å². The molecule has 140 valence electrons. The summed E-state index contributed by atoms with van der Waals surface area (Å²) in [6.07, 6.45) is 2.73. The van der Waals surface area contributed by atoms with E-state index in [4.69, 9.17) is 11.0 Å². The maximum absolute atomic E-state index is 12.4. The topological polar surface area (TPSA) is 128 Å². The Hall–Kier alpha value is -3.34. The van der Waals surface area contributed by atoms with Gasteiger partial charge in [0.05, 0.1) is 5.69 Å². The third kappa shape index (κ3) is 4.44. The first kappa shape index (κ1) is 18.5. The highest BCUT2D eigenvalue weighted by Crippen LogP contribution is 2.15. The fourth-order valence-electron chi connectivity index (χ4n) is 3.17. The molecule has 1 fully saturated rings. The second-order valence-electron chi connectivity index (χ2n) is 6.55. The molecule has 1 aliphatic heterocycles. The molecule has 1 saturated heterocycles. The Bertz CT molecular complexity index is 883. The summed E-state index contributed by atoms with van der Waals surface area (Å²) in [5.74, 6) is 0.208. The molecular weight excluding hydrogens is 344 g/mol. The number of anilines is 1. The van der Waals surface area contributed by atoms with Crippen molar-refractivity contribution in [1.82, 2.24) is 20.4 Å². The summed E-state index contributed by atoms with van der Waals surface area (Å²) in [6.45, 7) is 1.79. The Morgan fingerprint density at radius 2 is 2.30 bits per heavy atom. The molecule has 8 heteroatoms. The molecule has 27 heavy (non-hydrogen) atoms. The van der Waals surface area contributed by atoms with Crippen molar-refractivity contribution < 1.29 is 9.59 Å². The third-order valence-electron chi connectivity index (χ3n) is 4.60. The van der Waals surface area contributed by atoms with Crippen molar-refractivity contribution in [2.45, 2.75) is 32.2 Å². The molecule has 0 spiro atoms. The Kier molecular flexibility index (Phi) is 5.71. The predicted molar refractivity (Wildman–Crippen MR) is 99.5 cm³/mol. The Morgan fingerprint density at radius 1 is 1.44 bits per heavy atom. The summed E-state index contributed by atoms with van der Waals surface area (Å²) < 4.78 is 0. The van der Waals surface area contributed by atoms with E-state index in [1.807, 2.05) is 29.2 Å². The monoisotopic (exact) mass is 366 g/mol. The number of aryl methyl sites for hydroxylation is 1. The van der Waals surface area contributed by atoms with Crippen molar-refractivity contribution in [3.63, 3.8) is 0 Å². The smallest absolute Gasteiger partial charge is 0.251 e. The van der Waals surface area contributed by atoms with Gasteiger partial charge in [-0.1, -0.05) is 12.1 Å². The number of rotatable bonds is 7. The highest BCUT2D eigenvalue weighted by molar-refractivity contribution is 5.94. The fraction of sp³-hybridized carbons (Fsp3) is 0.368. The van der Waals surface area contributed by atoms with Crippen LogP contribution >= 0.6 is 0 Å². The summed E-state index contributed by atoms with van der Waals surface area (Å²) >= 11 is 0. The van der Waals surface area contributed by atoms with Gasteiger partial charge >= 0.3 is 0 Å². The molecule has 4 N–H and O–H groups in total. The van der Waals surface area contributed by atoms with Gasteiger partial charge in [-0.25, -0.2) is 0 Å². The number of carbonyl (C=O) groups is 2. The number of nitrogens with one attached hydrogen (secondary N) is 2. The van der Waals surface area contributed by atoms with Crippen molar-refractivity contribution in [3.8, 4) is 6.07 Å². The lowest BCUT2D eigenvalue weighted by Crippen LogP contribution is -2.26. The van der Waals surface area contributed by atoms with Gasteiger partial charge < -0.3 is 16.0 Å². The molecule has 0 aliphatic carbocycles. The largest absolute Gasteiger partial charge is 0.381 e. The second kappa shape index (κ2) is 8.36. The van der Waals surface area contributed by atoms with Gasteiger partial charge in [0, 0.05) is 31.6 Å². The minimum absolute atomic E-state index is 0.158. The van der Waals surface area contributed by atoms with E-state index in [-0.39, 0.29) is 17.6 Å². The van der Waals surface area contributed by atoms with Gasteiger partial charge in [-0.2, -0.15) is 10.4 Å². The quantitative estimate of drug-likeness (QED) is 0.637. The molecule has 1 aromatic carbocycles. The molecular formula is C19H22N6O2. The fourth-order valence-corrected chi connectivity index (χ4v) is 3.17. The first-order chi connectivity index (χ1) is 13.1. The van der Waals surface area contributed by atoms with E-state index in [9.17, 15) is 9.59 Å². The number of nitriles is 1. The van der Waals surface area contributed by atoms with Crippen LogP contribution in [0.4, 0.5) is 5.82 Å². The van der Waals surface area contributed by atoms with Crippen LogP contribution in [0.15, 0.2) is 24.3 Å². The molecule has 0 unspecified atom stereocenters. The van der Waals surface area contributed by atoms with Crippen molar-refractivity contribution >= 4 is 17.6 Å². The van der Waals surface area contributed by atoms with Crippen LogP contribution in [0.3, 0.4) is 0 Å². The SMILES string of the molecule is N#Cc1c(N)n[nH]c1CCCNC(=O)c1cccc(CN2CCCC2=O)c1. The number of aromatic nitrogens is 2. The maximum Gasteiger partial charge on any atom is 0.251 e. The van der Waals surface area contributed by atoms with Gasteiger partial charge in [-0.3, -0.25) is 14.7 Å². The number of hydrogen-bond donors (Lipinski definition) is 3. The van der Waals surface area contributed by atoms with E-state index in [0.29, 0.717) is 49.2 Å². The average molecular weight is 366 g/mol. The van der Waals surface area contributed by atoms with Crippen LogP contribution < -0.4 is 11.1 Å². The standard InChI is InChI=1S/C19H22N6O2/c20-11-15-16(23-24-18(15)21)6-2-8-22-19(27)14-5-1-4-13(10-14)12-25-9-3-7-17(25)26/h1,4-5,10H,2-3,6-9,12H2,(H,22,27)(H3,21,23,24). The van der Waals surface area contributed by atoms with Crippen molar-refractivity contribution in [2.24, 2.45) is 0 Å². The number of hydrogen-bond acceptors (Lipinski definition) is 5. The second-order valence-corrected chi connectivity index (χ2v) is 6.55. The van der Waals surface area contributed by atoms with Crippen molar-refractivity contribution in [1.29, 1.82) is 5.26 Å². The lowest BCUT2D eigenvalue weighted by Gasteiger charge is -2.16. The minimum Gasteiger partial charge on any atom is -0.381 e. The van der Waals surface area contributed by atoms with Gasteiger partial charge in [0.15, 0.2) is 5.82 Å². The highest BCUT2D eigenvalue weighted by atomic mass is 16.2. The van der Waals surface area contributed by atoms with Crippen LogP contribution in [0.5, 0.6) is 0 Å². The molecule has 1 aromatic heterocycles. The Balaban J connectivity index is 1.50. The lowest BCUT2D eigenvalue weighted by molar-refractivity contribution is -0.128. The van der Waals surface area contributed by atoms with E-state index in [0.717, 1.165) is 18.5 Å². The van der Waals surface area contributed by atoms with Crippen LogP contribution in [-0.4, -0.2) is 40.0 Å². The number of benzene rings is 1. The molecule has 1 aliphatic rings. The summed E-state index contributed by atoms with van der Waals surface area (Å²) in [4.78, 5) is 25.9. The van der Waals surface area contributed by atoms with E-state index >= 15 is 0 Å². The van der Waals surface area contributed by atoms with Gasteiger partial charge in [0.2, 0.25) is 5.91 Å². The summed E-state index contributed by atoms with van der Waals surface area (Å²) in [7, 11) is 0. The first-order valence-electron chi connectivity index (χ1n) is 8.96. The zero-order valence-corrected chi connectivity index (χ0v) is 15.0. The van der Waals surface area contributed by atoms with Crippen LogP contribution in [0.2, 0.25) is 0 Å². The molecule has 2 amide bonds. The van der Waals surface area contributed by atoms with Crippen LogP contribution in [0, 0.1) is 11.3 Å². The minimum atomic E-state index is -0.158. The lowest BCUT2D eigenvalue weighted by atomic mass is 10.1. The predicted octanol–water partition coefficient (Wildman–Crippen LogP) is 1.35. The number of amides is 2. The van der Waals surface area contributed by atoms with E-state index < -0.39 is 0 Å². The number of nitrogen functional groups attached to an aromatic ring is 1. The maximum atomic E-state index is 12.4. The molecule has 0 bridgehead atoms. The summed E-state index contributed by atoms with van der Waals surface area (Å²) in [5.41, 5.74) is 8.17. The van der Waals surface area contributed by atoms with E-state index in [1.165, 1.54) is 0 Å². The number of nitrogens with two attached hydrogens (primary N) is 1. The van der Waals surface area contributed by atoms with Crippen LogP contribution in [-0.2, 0) is 17.8 Å². The van der Waals surface area contributed by atoms with E-state index in [2.05, 4.69) is 15.5 Å². The summed E-state index contributed by atoms with van der Waals surface area (Å²) in [6, 6.07) is 9.36.